The lowest BCUT2D eigenvalue weighted by Crippen LogP contribution is -2.60. The number of hydrogen-bond acceptors (Lipinski definition) is 2. The highest BCUT2D eigenvalue weighted by atomic mass is 16.2. The minimum absolute atomic E-state index is 0.0489. The van der Waals surface area contributed by atoms with E-state index in [-0.39, 0.29) is 28.2 Å². The molecular formula is C29H48N2O2. The quantitative estimate of drug-likeness (QED) is 0.536. The predicted octanol–water partition coefficient (Wildman–Crippen LogP) is 5.96. The molecule has 2 amide bonds. The zero-order valence-corrected chi connectivity index (χ0v) is 22.2. The van der Waals surface area contributed by atoms with Gasteiger partial charge in [-0.05, 0) is 86.5 Å². The molecule has 3 aliphatic carbocycles. The maximum atomic E-state index is 13.9. The molecule has 4 rings (SSSR count). The zero-order valence-electron chi connectivity index (χ0n) is 22.2. The van der Waals surface area contributed by atoms with Crippen LogP contribution < -0.4 is 5.32 Å². The highest BCUT2D eigenvalue weighted by Crippen LogP contribution is 2.66. The lowest BCUT2D eigenvalue weighted by Gasteiger charge is -2.60. The van der Waals surface area contributed by atoms with Crippen molar-refractivity contribution in [2.24, 2.45) is 40.4 Å². The van der Waals surface area contributed by atoms with Crippen molar-refractivity contribution in [3.8, 4) is 0 Å². The van der Waals surface area contributed by atoms with Crippen LogP contribution in [0.15, 0.2) is 12.2 Å². The van der Waals surface area contributed by atoms with E-state index in [1.54, 1.807) is 0 Å². The number of nitrogens with zero attached hydrogens (tertiary/aromatic N) is 1. The van der Waals surface area contributed by atoms with Gasteiger partial charge in [-0.15, -0.1) is 0 Å². The molecule has 186 valence electrons. The van der Waals surface area contributed by atoms with E-state index >= 15 is 0 Å². The van der Waals surface area contributed by atoms with Crippen molar-refractivity contribution in [2.75, 3.05) is 7.05 Å². The molecule has 0 radical (unpaired) electrons. The average Bonchev–Trinajstić information content (AvgIpc) is 3.06. The molecule has 0 aromatic rings. The second kappa shape index (κ2) is 8.72. The van der Waals surface area contributed by atoms with Gasteiger partial charge in [0.1, 0.15) is 0 Å². The van der Waals surface area contributed by atoms with E-state index in [4.69, 9.17) is 0 Å². The molecule has 0 bridgehead atoms. The van der Waals surface area contributed by atoms with Crippen LogP contribution in [0.3, 0.4) is 0 Å². The first-order valence-corrected chi connectivity index (χ1v) is 13.8. The molecule has 1 aliphatic heterocycles. The molecule has 3 unspecified atom stereocenters. The van der Waals surface area contributed by atoms with Crippen molar-refractivity contribution in [3.63, 3.8) is 0 Å². The summed E-state index contributed by atoms with van der Waals surface area (Å²) >= 11 is 0. The summed E-state index contributed by atoms with van der Waals surface area (Å²) in [6.45, 7) is 13.9. The van der Waals surface area contributed by atoms with Crippen LogP contribution in [-0.2, 0) is 9.59 Å². The van der Waals surface area contributed by atoms with Crippen LogP contribution in [-0.4, -0.2) is 35.3 Å². The van der Waals surface area contributed by atoms with Crippen molar-refractivity contribution in [3.05, 3.63) is 12.2 Å². The smallest absolute Gasteiger partial charge is 0.246 e. The third-order valence-electron chi connectivity index (χ3n) is 11.2. The summed E-state index contributed by atoms with van der Waals surface area (Å²) in [5.74, 6) is 2.92. The average molecular weight is 457 g/mol. The van der Waals surface area contributed by atoms with Gasteiger partial charge in [-0.2, -0.15) is 0 Å². The lowest BCUT2D eigenvalue weighted by atomic mass is 9.47. The van der Waals surface area contributed by atoms with Crippen LogP contribution in [0.5, 0.6) is 0 Å². The Morgan fingerprint density at radius 2 is 1.85 bits per heavy atom. The Morgan fingerprint density at radius 1 is 1.15 bits per heavy atom. The largest absolute Gasteiger partial charge is 0.350 e. The summed E-state index contributed by atoms with van der Waals surface area (Å²) in [6, 6.07) is 0.322. The molecular weight excluding hydrogens is 408 g/mol. The van der Waals surface area contributed by atoms with Gasteiger partial charge in [0.25, 0.3) is 0 Å². The monoisotopic (exact) mass is 456 g/mol. The van der Waals surface area contributed by atoms with Crippen LogP contribution in [0.2, 0.25) is 0 Å². The molecule has 0 aromatic carbocycles. The third kappa shape index (κ3) is 3.69. The Morgan fingerprint density at radius 3 is 2.48 bits per heavy atom. The Kier molecular flexibility index (Phi) is 6.55. The summed E-state index contributed by atoms with van der Waals surface area (Å²) in [7, 11) is 1.99. The zero-order chi connectivity index (χ0) is 24.2. The van der Waals surface area contributed by atoms with Crippen molar-refractivity contribution in [1.82, 2.24) is 10.2 Å². The number of amides is 2. The summed E-state index contributed by atoms with van der Waals surface area (Å²) in [4.78, 5) is 28.2. The van der Waals surface area contributed by atoms with E-state index in [1.165, 1.54) is 19.3 Å². The topological polar surface area (TPSA) is 49.4 Å². The summed E-state index contributed by atoms with van der Waals surface area (Å²) in [6.07, 6.45) is 14.0. The molecule has 0 spiro atoms. The number of nitrogens with one attached hydrogen (secondary N) is 1. The van der Waals surface area contributed by atoms with Crippen molar-refractivity contribution >= 4 is 11.8 Å². The molecule has 0 saturated heterocycles. The lowest BCUT2D eigenvalue weighted by molar-refractivity contribution is -0.143. The van der Waals surface area contributed by atoms with Crippen molar-refractivity contribution in [2.45, 2.75) is 111 Å². The molecule has 4 nitrogen and oxygen atoms in total. The molecule has 3 fully saturated rings. The van der Waals surface area contributed by atoms with Gasteiger partial charge in [-0.3, -0.25) is 9.59 Å². The van der Waals surface area contributed by atoms with Gasteiger partial charge >= 0.3 is 0 Å². The van der Waals surface area contributed by atoms with E-state index in [0.29, 0.717) is 35.6 Å². The van der Waals surface area contributed by atoms with Gasteiger partial charge in [0, 0.05) is 30.0 Å². The van der Waals surface area contributed by atoms with Gasteiger partial charge in [-0.1, -0.05) is 54.0 Å². The SMILES string of the molecule is CCCC(CC)(CC)NC(=O)C1C(C)C[C@H]2[C@@H]3CCC4N(C)C(=O)C=C[C@]4(C)[C@@H]3CC[C@]12C. The van der Waals surface area contributed by atoms with Crippen LogP contribution >= 0.6 is 0 Å². The number of hydrogen-bond donors (Lipinski definition) is 1. The molecule has 1 N–H and O–H groups in total. The fraction of sp³-hybridized carbons (Fsp3) is 0.862. The fourth-order valence-electron chi connectivity index (χ4n) is 9.32. The second-order valence-electron chi connectivity index (χ2n) is 12.6. The minimum Gasteiger partial charge on any atom is -0.350 e. The van der Waals surface area contributed by atoms with Gasteiger partial charge < -0.3 is 10.2 Å². The number of carbonyl (C=O) groups is 2. The molecule has 33 heavy (non-hydrogen) atoms. The van der Waals surface area contributed by atoms with E-state index < -0.39 is 0 Å². The van der Waals surface area contributed by atoms with E-state index in [2.05, 4.69) is 52.9 Å². The van der Waals surface area contributed by atoms with Crippen LogP contribution in [0, 0.1) is 40.4 Å². The van der Waals surface area contributed by atoms with Crippen LogP contribution in [0.25, 0.3) is 0 Å². The number of fused-ring (bicyclic) bond motifs is 5. The first-order chi connectivity index (χ1) is 15.6. The van der Waals surface area contributed by atoms with Crippen LogP contribution in [0.4, 0.5) is 0 Å². The minimum atomic E-state index is -0.0489. The molecule has 8 atom stereocenters. The second-order valence-corrected chi connectivity index (χ2v) is 12.6. The highest BCUT2D eigenvalue weighted by Gasteiger charge is 2.63. The summed E-state index contributed by atoms with van der Waals surface area (Å²) < 4.78 is 0. The first-order valence-electron chi connectivity index (χ1n) is 13.8. The third-order valence-corrected chi connectivity index (χ3v) is 11.2. The summed E-state index contributed by atoms with van der Waals surface area (Å²) in [5.41, 5.74) is 0.108. The molecule has 3 saturated carbocycles. The Labute approximate surface area is 202 Å². The first kappa shape index (κ1) is 24.8. The van der Waals surface area contributed by atoms with E-state index in [0.717, 1.165) is 38.5 Å². The van der Waals surface area contributed by atoms with Crippen molar-refractivity contribution < 1.29 is 9.59 Å². The number of likely N-dealkylation sites (N-methyl/N-ethyl adjacent to an activating group) is 1. The molecule has 0 aromatic heterocycles. The fourth-order valence-corrected chi connectivity index (χ4v) is 9.32. The number of rotatable bonds is 6. The van der Waals surface area contributed by atoms with Gasteiger partial charge in [-0.25, -0.2) is 0 Å². The molecule has 4 heteroatoms. The van der Waals surface area contributed by atoms with Crippen molar-refractivity contribution in [1.29, 1.82) is 0 Å². The van der Waals surface area contributed by atoms with Crippen LogP contribution in [0.1, 0.15) is 99.3 Å². The maximum Gasteiger partial charge on any atom is 0.246 e. The normalized spacial score (nSPS) is 42.5. The van der Waals surface area contributed by atoms with E-state index in [1.807, 2.05) is 18.0 Å². The van der Waals surface area contributed by atoms with Gasteiger partial charge in [0.05, 0.1) is 0 Å². The Bertz CT molecular complexity index is 801. The number of carbonyl (C=O) groups excluding carboxylic acids is 2. The standard InChI is InChI=1S/C29H48N2O2/c1-8-15-29(9-2,10-3)30-26(33)25-19(4)18-22-20-11-12-23-27(5,17-14-24(32)31(23)7)21(20)13-16-28(22,25)6/h14,17,19-23,25H,8-13,15-16,18H2,1-7H3,(H,30,33)/t19?,20-,21-,22+,23?,25?,27-,28+/m1/s1. The Hall–Kier alpha value is -1.32. The van der Waals surface area contributed by atoms with Gasteiger partial charge in [0.15, 0.2) is 0 Å². The summed E-state index contributed by atoms with van der Waals surface area (Å²) in [5, 5.41) is 3.60. The highest BCUT2D eigenvalue weighted by molar-refractivity contribution is 5.89. The Balaban J connectivity index is 1.59. The predicted molar refractivity (Wildman–Crippen MR) is 134 cm³/mol. The molecule has 1 heterocycles. The van der Waals surface area contributed by atoms with Gasteiger partial charge in [0.2, 0.25) is 11.8 Å². The van der Waals surface area contributed by atoms with E-state index in [9.17, 15) is 9.59 Å². The molecule has 4 aliphatic rings. The maximum absolute atomic E-state index is 13.9.